The van der Waals surface area contributed by atoms with Crippen LogP contribution in [-0.4, -0.2) is 75.7 Å². The van der Waals surface area contributed by atoms with E-state index in [1.165, 1.54) is 11.8 Å². The number of ether oxygens (including phenoxy) is 2. The average Bonchev–Trinajstić information content (AvgIpc) is 3.14. The van der Waals surface area contributed by atoms with Gasteiger partial charge >= 0.3 is 0 Å². The first kappa shape index (κ1) is 17.8. The number of methoxy groups -OCH3 is 1. The van der Waals surface area contributed by atoms with Gasteiger partial charge in [-0.2, -0.15) is 0 Å². The number of carbonyl (C=O) groups is 1. The Bertz CT molecular complexity index is 725. The van der Waals surface area contributed by atoms with E-state index < -0.39 is 0 Å². The van der Waals surface area contributed by atoms with Gasteiger partial charge in [-0.3, -0.25) is 4.79 Å². The highest BCUT2D eigenvalue weighted by atomic mass is 32.2. The van der Waals surface area contributed by atoms with Gasteiger partial charge in [-0.1, -0.05) is 0 Å². The van der Waals surface area contributed by atoms with E-state index in [1.807, 2.05) is 6.26 Å². The van der Waals surface area contributed by atoms with Crippen molar-refractivity contribution in [2.24, 2.45) is 0 Å². The molecule has 0 aliphatic carbocycles. The molecule has 2 aromatic rings. The Balaban J connectivity index is 1.75. The minimum atomic E-state index is -0.362. The van der Waals surface area contributed by atoms with Gasteiger partial charge in [-0.25, -0.2) is 9.67 Å². The van der Waals surface area contributed by atoms with E-state index in [0.29, 0.717) is 44.2 Å². The molecule has 10 heteroatoms. The highest BCUT2D eigenvalue weighted by Crippen LogP contribution is 2.24. The number of pyridine rings is 1. The first-order chi connectivity index (χ1) is 12.2. The van der Waals surface area contributed by atoms with Gasteiger partial charge in [-0.05, 0) is 28.8 Å². The molecule has 1 amide bonds. The molecule has 3 heterocycles. The predicted molar refractivity (Wildman–Crippen MR) is 90.3 cm³/mol. The second-order valence-electron chi connectivity index (χ2n) is 5.42. The average molecular weight is 364 g/mol. The maximum atomic E-state index is 12.9. The Morgan fingerprint density at radius 3 is 3.20 bits per heavy atom. The quantitative estimate of drug-likeness (QED) is 0.690. The van der Waals surface area contributed by atoms with Crippen LogP contribution >= 0.6 is 11.8 Å². The summed E-state index contributed by atoms with van der Waals surface area (Å²) in [6, 6.07) is 3.57. The van der Waals surface area contributed by atoms with E-state index >= 15 is 0 Å². The Hall–Kier alpha value is -2.04. The number of aromatic nitrogens is 5. The van der Waals surface area contributed by atoms with E-state index in [-0.39, 0.29) is 12.0 Å². The summed E-state index contributed by atoms with van der Waals surface area (Å²) in [4.78, 5) is 18.9. The van der Waals surface area contributed by atoms with E-state index in [9.17, 15) is 4.79 Å². The lowest BCUT2D eigenvalue weighted by Crippen LogP contribution is -2.43. The normalized spacial score (nSPS) is 17.7. The zero-order chi connectivity index (χ0) is 17.6. The largest absolute Gasteiger partial charge is 0.383 e. The van der Waals surface area contributed by atoms with E-state index in [2.05, 4.69) is 20.5 Å². The Labute approximate surface area is 149 Å². The molecular weight excluding hydrogens is 344 g/mol. The fourth-order valence-corrected chi connectivity index (χ4v) is 3.20. The molecule has 9 nitrogen and oxygen atoms in total. The number of carbonyl (C=O) groups excluding carboxylic acids is 1. The summed E-state index contributed by atoms with van der Waals surface area (Å²) in [6.07, 6.45) is 3.24. The lowest BCUT2D eigenvalue weighted by molar-refractivity contribution is -0.0293. The van der Waals surface area contributed by atoms with Crippen molar-refractivity contribution in [1.29, 1.82) is 0 Å². The molecule has 0 bridgehead atoms. The predicted octanol–water partition coefficient (Wildman–Crippen LogP) is 0.650. The third-order valence-electron chi connectivity index (χ3n) is 3.90. The highest BCUT2D eigenvalue weighted by molar-refractivity contribution is 7.98. The minimum absolute atomic E-state index is 0.0540. The van der Waals surface area contributed by atoms with Crippen LogP contribution < -0.4 is 0 Å². The van der Waals surface area contributed by atoms with Gasteiger partial charge in [0.1, 0.15) is 11.1 Å². The van der Waals surface area contributed by atoms with Gasteiger partial charge in [0.2, 0.25) is 0 Å². The molecule has 134 valence electrons. The number of rotatable bonds is 6. The Morgan fingerprint density at radius 2 is 2.40 bits per heavy atom. The zero-order valence-corrected chi connectivity index (χ0v) is 15.0. The number of amides is 1. The van der Waals surface area contributed by atoms with Crippen LogP contribution in [0.5, 0.6) is 0 Å². The number of hydrogen-bond acceptors (Lipinski definition) is 8. The summed E-state index contributed by atoms with van der Waals surface area (Å²) >= 11 is 1.46. The number of tetrazole rings is 1. The maximum Gasteiger partial charge on any atom is 0.256 e. The number of nitrogens with zero attached hydrogens (tertiary/aromatic N) is 6. The third-order valence-corrected chi connectivity index (χ3v) is 4.62. The fourth-order valence-electron chi connectivity index (χ4n) is 2.66. The summed E-state index contributed by atoms with van der Waals surface area (Å²) in [5.74, 6) is 0.549. The molecule has 0 N–H and O–H groups in total. The van der Waals surface area contributed by atoms with Crippen LogP contribution in [0.4, 0.5) is 0 Å². The topological polar surface area (TPSA) is 95.3 Å². The smallest absolute Gasteiger partial charge is 0.256 e. The molecule has 0 aromatic carbocycles. The van der Waals surface area contributed by atoms with E-state index in [1.54, 1.807) is 35.0 Å². The molecule has 0 radical (unpaired) electrons. The molecule has 1 aliphatic heterocycles. The lowest BCUT2D eigenvalue weighted by Gasteiger charge is -2.32. The standard InChI is InChI=1S/C15H20N6O3S/c1-23-8-7-21-13(17-18-19-21)12-10-20(6-9-24-12)15(22)11-4-3-5-16-14(11)25-2/h3-5,12H,6-10H2,1-2H3/t12-/m0/s1. The molecule has 0 saturated carbocycles. The van der Waals surface area contributed by atoms with Crippen LogP contribution in [0.3, 0.4) is 0 Å². The maximum absolute atomic E-state index is 12.9. The second-order valence-corrected chi connectivity index (χ2v) is 6.22. The van der Waals surface area contributed by atoms with Crippen molar-refractivity contribution >= 4 is 17.7 Å². The van der Waals surface area contributed by atoms with Gasteiger partial charge in [0.05, 0.1) is 31.9 Å². The van der Waals surface area contributed by atoms with Crippen LogP contribution in [0.1, 0.15) is 22.3 Å². The monoisotopic (exact) mass is 364 g/mol. The van der Waals surface area contributed by atoms with Crippen LogP contribution in [-0.2, 0) is 16.0 Å². The number of hydrogen-bond donors (Lipinski definition) is 0. The number of thioether (sulfide) groups is 1. The summed E-state index contributed by atoms with van der Waals surface area (Å²) < 4.78 is 12.5. The van der Waals surface area contributed by atoms with Gasteiger partial charge in [-0.15, -0.1) is 16.9 Å². The molecule has 0 spiro atoms. The number of morpholine rings is 1. The first-order valence-corrected chi connectivity index (χ1v) is 9.12. The van der Waals surface area contributed by atoms with Crippen molar-refractivity contribution in [2.75, 3.05) is 39.7 Å². The first-order valence-electron chi connectivity index (χ1n) is 7.89. The molecule has 1 aliphatic rings. The van der Waals surface area contributed by atoms with Crippen LogP contribution in [0, 0.1) is 0 Å². The summed E-state index contributed by atoms with van der Waals surface area (Å²) in [7, 11) is 1.62. The van der Waals surface area contributed by atoms with Crippen molar-refractivity contribution in [2.45, 2.75) is 17.7 Å². The fraction of sp³-hybridized carbons (Fsp3) is 0.533. The van der Waals surface area contributed by atoms with Gasteiger partial charge in [0.25, 0.3) is 5.91 Å². The Kier molecular flexibility index (Phi) is 5.95. The molecule has 1 atom stereocenters. The molecule has 1 fully saturated rings. The highest BCUT2D eigenvalue weighted by Gasteiger charge is 2.30. The lowest BCUT2D eigenvalue weighted by atomic mass is 10.2. The molecule has 25 heavy (non-hydrogen) atoms. The van der Waals surface area contributed by atoms with Crippen LogP contribution in [0.15, 0.2) is 23.4 Å². The SMILES string of the molecule is COCCn1nnnc1[C@@H]1CN(C(=O)c2cccnc2SC)CCO1. The van der Waals surface area contributed by atoms with E-state index in [0.717, 1.165) is 5.03 Å². The van der Waals surface area contributed by atoms with Crippen LogP contribution in [0.2, 0.25) is 0 Å². The summed E-state index contributed by atoms with van der Waals surface area (Å²) in [5, 5.41) is 12.5. The van der Waals surface area contributed by atoms with Crippen molar-refractivity contribution in [3.63, 3.8) is 0 Å². The Morgan fingerprint density at radius 1 is 1.52 bits per heavy atom. The third kappa shape index (κ3) is 3.97. The van der Waals surface area contributed by atoms with Crippen LogP contribution in [0.25, 0.3) is 0 Å². The zero-order valence-electron chi connectivity index (χ0n) is 14.2. The molecular formula is C15H20N6O3S. The molecule has 2 aromatic heterocycles. The molecule has 3 rings (SSSR count). The van der Waals surface area contributed by atoms with Gasteiger partial charge in [0.15, 0.2) is 5.82 Å². The van der Waals surface area contributed by atoms with E-state index in [4.69, 9.17) is 9.47 Å². The minimum Gasteiger partial charge on any atom is -0.383 e. The van der Waals surface area contributed by atoms with Crippen molar-refractivity contribution in [3.8, 4) is 0 Å². The second kappa shape index (κ2) is 8.37. The summed E-state index contributed by atoms with van der Waals surface area (Å²) in [6.45, 7) is 2.39. The molecule has 1 saturated heterocycles. The van der Waals surface area contributed by atoms with Gasteiger partial charge < -0.3 is 14.4 Å². The van der Waals surface area contributed by atoms with Gasteiger partial charge in [0, 0.05) is 19.9 Å². The van der Waals surface area contributed by atoms with Crippen molar-refractivity contribution in [1.82, 2.24) is 30.1 Å². The van der Waals surface area contributed by atoms with Crippen molar-refractivity contribution in [3.05, 3.63) is 29.7 Å². The summed E-state index contributed by atoms with van der Waals surface area (Å²) in [5.41, 5.74) is 0.606. The van der Waals surface area contributed by atoms with Crippen molar-refractivity contribution < 1.29 is 14.3 Å². The molecule has 0 unspecified atom stereocenters.